The standard InChI is InChI=1S/C12H11ClN4O/c1-17(9-3-2-4-15-7-9)12(18)8-5-10(13)16-11(14)6-8/h2-7H,1H3,(H2,14,16). The summed E-state index contributed by atoms with van der Waals surface area (Å²) >= 11 is 5.77. The third kappa shape index (κ3) is 2.57. The number of hydrogen-bond acceptors (Lipinski definition) is 4. The third-order valence-corrected chi connectivity index (χ3v) is 2.59. The summed E-state index contributed by atoms with van der Waals surface area (Å²) in [4.78, 5) is 21.4. The minimum absolute atomic E-state index is 0.193. The number of nitrogens with two attached hydrogens (primary N) is 1. The Morgan fingerprint density at radius 2 is 2.22 bits per heavy atom. The molecule has 0 bridgehead atoms. The van der Waals surface area contributed by atoms with Crippen molar-refractivity contribution in [3.63, 3.8) is 0 Å². The first-order valence-corrected chi connectivity index (χ1v) is 5.57. The highest BCUT2D eigenvalue weighted by molar-refractivity contribution is 6.30. The lowest BCUT2D eigenvalue weighted by atomic mass is 10.2. The number of amides is 1. The molecule has 2 rings (SSSR count). The molecule has 92 valence electrons. The van der Waals surface area contributed by atoms with Crippen molar-refractivity contribution in [1.29, 1.82) is 0 Å². The summed E-state index contributed by atoms with van der Waals surface area (Å²) in [6.45, 7) is 0. The van der Waals surface area contributed by atoms with Crippen molar-refractivity contribution in [1.82, 2.24) is 9.97 Å². The van der Waals surface area contributed by atoms with Crippen LogP contribution in [0.2, 0.25) is 5.15 Å². The lowest BCUT2D eigenvalue weighted by Crippen LogP contribution is -2.26. The molecular formula is C12H11ClN4O. The largest absolute Gasteiger partial charge is 0.384 e. The molecule has 2 N–H and O–H groups in total. The van der Waals surface area contributed by atoms with Gasteiger partial charge in [0, 0.05) is 18.8 Å². The summed E-state index contributed by atoms with van der Waals surface area (Å²) < 4.78 is 0. The molecule has 1 amide bonds. The number of nitrogens with zero attached hydrogens (tertiary/aromatic N) is 3. The van der Waals surface area contributed by atoms with Gasteiger partial charge in [0.2, 0.25) is 0 Å². The minimum Gasteiger partial charge on any atom is -0.384 e. The fraction of sp³-hybridized carbons (Fsp3) is 0.0833. The van der Waals surface area contributed by atoms with E-state index in [0.717, 1.165) is 0 Å². The van der Waals surface area contributed by atoms with Crippen molar-refractivity contribution in [3.05, 3.63) is 47.4 Å². The molecule has 6 heteroatoms. The van der Waals surface area contributed by atoms with Crippen molar-refractivity contribution in [3.8, 4) is 0 Å². The minimum atomic E-state index is -0.223. The quantitative estimate of drug-likeness (QED) is 0.840. The molecule has 0 saturated carbocycles. The van der Waals surface area contributed by atoms with Crippen molar-refractivity contribution in [2.75, 3.05) is 17.7 Å². The van der Waals surface area contributed by atoms with Gasteiger partial charge in [-0.05, 0) is 24.3 Å². The van der Waals surface area contributed by atoms with Crippen LogP contribution in [0.3, 0.4) is 0 Å². The molecule has 2 aromatic heterocycles. The number of rotatable bonds is 2. The Balaban J connectivity index is 2.31. The van der Waals surface area contributed by atoms with Gasteiger partial charge in [-0.2, -0.15) is 0 Å². The third-order valence-electron chi connectivity index (χ3n) is 2.40. The topological polar surface area (TPSA) is 72.1 Å². The van der Waals surface area contributed by atoms with Crippen LogP contribution in [0.25, 0.3) is 0 Å². The predicted octanol–water partition coefficient (Wildman–Crippen LogP) is 1.99. The van der Waals surface area contributed by atoms with Gasteiger partial charge in [0.1, 0.15) is 11.0 Å². The fourth-order valence-corrected chi connectivity index (χ4v) is 1.72. The van der Waals surface area contributed by atoms with E-state index in [4.69, 9.17) is 17.3 Å². The summed E-state index contributed by atoms with van der Waals surface area (Å²) in [5.41, 5.74) is 6.63. The highest BCUT2D eigenvalue weighted by atomic mass is 35.5. The van der Waals surface area contributed by atoms with Crippen LogP contribution in [0.4, 0.5) is 11.5 Å². The zero-order valence-corrected chi connectivity index (χ0v) is 10.4. The van der Waals surface area contributed by atoms with Crippen LogP contribution in [0, 0.1) is 0 Å². The van der Waals surface area contributed by atoms with Crippen LogP contribution in [0.5, 0.6) is 0 Å². The van der Waals surface area contributed by atoms with Crippen LogP contribution >= 0.6 is 11.6 Å². The number of carbonyl (C=O) groups is 1. The molecule has 0 atom stereocenters. The van der Waals surface area contributed by atoms with E-state index >= 15 is 0 Å². The van der Waals surface area contributed by atoms with E-state index < -0.39 is 0 Å². The molecule has 0 aromatic carbocycles. The van der Waals surface area contributed by atoms with Gasteiger partial charge in [0.15, 0.2) is 0 Å². The van der Waals surface area contributed by atoms with Gasteiger partial charge in [0.25, 0.3) is 5.91 Å². The average molecular weight is 263 g/mol. The SMILES string of the molecule is CN(C(=O)c1cc(N)nc(Cl)c1)c1cccnc1. The van der Waals surface area contributed by atoms with Crippen molar-refractivity contribution in [2.24, 2.45) is 0 Å². The first kappa shape index (κ1) is 12.3. The number of pyridine rings is 2. The molecule has 0 radical (unpaired) electrons. The van der Waals surface area contributed by atoms with Crippen LogP contribution in [-0.2, 0) is 0 Å². The Bertz CT molecular complexity index is 553. The molecule has 0 unspecified atom stereocenters. The lowest BCUT2D eigenvalue weighted by molar-refractivity contribution is 0.0993. The molecule has 18 heavy (non-hydrogen) atoms. The van der Waals surface area contributed by atoms with Gasteiger partial charge >= 0.3 is 0 Å². The number of aromatic nitrogens is 2. The molecule has 2 aromatic rings. The Morgan fingerprint density at radius 1 is 1.44 bits per heavy atom. The maximum atomic E-state index is 12.2. The van der Waals surface area contributed by atoms with E-state index in [1.807, 2.05) is 0 Å². The molecule has 2 heterocycles. The van der Waals surface area contributed by atoms with Gasteiger partial charge in [-0.25, -0.2) is 4.98 Å². The maximum absolute atomic E-state index is 12.2. The van der Waals surface area contributed by atoms with Crippen LogP contribution < -0.4 is 10.6 Å². The molecule has 0 aliphatic heterocycles. The van der Waals surface area contributed by atoms with E-state index in [1.54, 1.807) is 31.6 Å². The van der Waals surface area contributed by atoms with Crippen molar-refractivity contribution >= 4 is 29.0 Å². The number of halogens is 1. The van der Waals surface area contributed by atoms with Gasteiger partial charge < -0.3 is 10.6 Å². The van der Waals surface area contributed by atoms with Gasteiger partial charge in [0.05, 0.1) is 11.9 Å². The summed E-state index contributed by atoms with van der Waals surface area (Å²) in [7, 11) is 1.66. The first-order chi connectivity index (χ1) is 8.58. The zero-order chi connectivity index (χ0) is 13.1. The second-order valence-corrected chi connectivity index (χ2v) is 4.07. The average Bonchev–Trinajstić information content (AvgIpc) is 2.37. The van der Waals surface area contributed by atoms with Crippen LogP contribution in [-0.4, -0.2) is 22.9 Å². The van der Waals surface area contributed by atoms with Crippen molar-refractivity contribution in [2.45, 2.75) is 0 Å². The second-order valence-electron chi connectivity index (χ2n) is 3.68. The number of hydrogen-bond donors (Lipinski definition) is 1. The maximum Gasteiger partial charge on any atom is 0.258 e. The Kier molecular flexibility index (Phi) is 3.43. The van der Waals surface area contributed by atoms with E-state index in [0.29, 0.717) is 11.3 Å². The molecule has 5 nitrogen and oxygen atoms in total. The Hall–Kier alpha value is -2.14. The predicted molar refractivity (Wildman–Crippen MR) is 70.6 cm³/mol. The molecule has 0 aliphatic carbocycles. The molecule has 0 fully saturated rings. The highest BCUT2D eigenvalue weighted by Gasteiger charge is 2.14. The van der Waals surface area contributed by atoms with Gasteiger partial charge in [-0.1, -0.05) is 11.6 Å². The van der Waals surface area contributed by atoms with Gasteiger partial charge in [-0.15, -0.1) is 0 Å². The zero-order valence-electron chi connectivity index (χ0n) is 9.67. The smallest absolute Gasteiger partial charge is 0.258 e. The summed E-state index contributed by atoms with van der Waals surface area (Å²) in [5, 5.41) is 0.193. The summed E-state index contributed by atoms with van der Waals surface area (Å²) in [5.74, 6) is -0.00978. The number of anilines is 2. The second kappa shape index (κ2) is 5.01. The summed E-state index contributed by atoms with van der Waals surface area (Å²) in [6.07, 6.45) is 3.24. The van der Waals surface area contributed by atoms with E-state index in [-0.39, 0.29) is 16.9 Å². The highest BCUT2D eigenvalue weighted by Crippen LogP contribution is 2.17. The fourth-order valence-electron chi connectivity index (χ4n) is 1.50. The lowest BCUT2D eigenvalue weighted by Gasteiger charge is -2.16. The molecule has 0 saturated heterocycles. The van der Waals surface area contributed by atoms with E-state index in [9.17, 15) is 4.79 Å². The molecule has 0 aliphatic rings. The Morgan fingerprint density at radius 3 is 2.83 bits per heavy atom. The van der Waals surface area contributed by atoms with E-state index in [2.05, 4.69) is 9.97 Å². The van der Waals surface area contributed by atoms with Crippen LogP contribution in [0.15, 0.2) is 36.7 Å². The number of carbonyl (C=O) groups excluding carboxylic acids is 1. The Labute approximate surface area is 109 Å². The van der Waals surface area contributed by atoms with Crippen molar-refractivity contribution < 1.29 is 4.79 Å². The first-order valence-electron chi connectivity index (χ1n) is 5.19. The monoisotopic (exact) mass is 262 g/mol. The molecular weight excluding hydrogens is 252 g/mol. The van der Waals surface area contributed by atoms with Crippen LogP contribution in [0.1, 0.15) is 10.4 Å². The number of nitrogen functional groups attached to an aromatic ring is 1. The normalized spacial score (nSPS) is 10.1. The van der Waals surface area contributed by atoms with Gasteiger partial charge in [-0.3, -0.25) is 9.78 Å². The van der Waals surface area contributed by atoms with E-state index in [1.165, 1.54) is 17.0 Å². The summed E-state index contributed by atoms with van der Waals surface area (Å²) in [6, 6.07) is 6.51. The molecule has 0 spiro atoms.